The van der Waals surface area contributed by atoms with E-state index in [9.17, 15) is 9.59 Å². The molecule has 0 saturated heterocycles. The van der Waals surface area contributed by atoms with Crippen molar-refractivity contribution in [3.63, 3.8) is 0 Å². The second-order valence-electron chi connectivity index (χ2n) is 3.69. The zero-order valence-electron chi connectivity index (χ0n) is 9.64. The molecule has 18 heavy (non-hydrogen) atoms. The van der Waals surface area contributed by atoms with Crippen LogP contribution in [0, 0.1) is 0 Å². The molecule has 0 saturated carbocycles. The van der Waals surface area contributed by atoms with E-state index >= 15 is 0 Å². The van der Waals surface area contributed by atoms with Crippen LogP contribution in [-0.2, 0) is 4.79 Å². The normalized spacial score (nSPS) is 10.3. The Morgan fingerprint density at radius 3 is 2.83 bits per heavy atom. The number of nitrogens with zero attached hydrogens (tertiary/aromatic N) is 1. The lowest BCUT2D eigenvalue weighted by Crippen LogP contribution is -2.33. The second-order valence-corrected chi connectivity index (χ2v) is 4.01. The largest absolute Gasteiger partial charge is 0.418 e. The number of carbonyl (C=O) groups excluding carboxylic acids is 2. The molecule has 0 aliphatic heterocycles. The minimum atomic E-state index is -0.454. The first-order chi connectivity index (χ1) is 8.65. The molecule has 0 bridgehead atoms. The zero-order chi connectivity index (χ0) is 13.1. The van der Waals surface area contributed by atoms with E-state index in [1.54, 1.807) is 37.4 Å². The van der Waals surface area contributed by atoms with Crippen molar-refractivity contribution in [3.05, 3.63) is 30.5 Å². The van der Waals surface area contributed by atoms with E-state index in [2.05, 4.69) is 21.6 Å². The molecular weight excluding hydrogens is 300 g/mol. The third-order valence-corrected chi connectivity index (χ3v) is 2.91. The summed E-state index contributed by atoms with van der Waals surface area (Å²) in [6.45, 7) is 1.69. The third-order valence-electron chi connectivity index (χ3n) is 2.54. The standard InChI is InChI=1S/C12H11BrN2O3/c1-2-11(16)14-12(17)15-6-5-8-7-9(18-13)3-4-10(8)15/h3-7H,2H2,1H3,(H,14,16,17). The second kappa shape index (κ2) is 5.22. The van der Waals surface area contributed by atoms with Crippen LogP contribution in [0.5, 0.6) is 5.75 Å². The summed E-state index contributed by atoms with van der Waals surface area (Å²) in [5.74, 6) is 0.340. The summed E-state index contributed by atoms with van der Waals surface area (Å²) in [7, 11) is 0. The van der Waals surface area contributed by atoms with Crippen molar-refractivity contribution in [3.8, 4) is 5.75 Å². The van der Waals surface area contributed by atoms with Crippen LogP contribution in [0.2, 0.25) is 0 Å². The molecule has 0 spiro atoms. The van der Waals surface area contributed by atoms with Gasteiger partial charge in [0.1, 0.15) is 5.75 Å². The molecule has 1 N–H and O–H groups in total. The average molecular weight is 311 g/mol. The van der Waals surface area contributed by atoms with Crippen molar-refractivity contribution in [2.75, 3.05) is 0 Å². The predicted molar refractivity (Wildman–Crippen MR) is 70.7 cm³/mol. The molecule has 0 atom stereocenters. The Morgan fingerprint density at radius 1 is 1.39 bits per heavy atom. The Bertz CT molecular complexity index is 606. The molecular formula is C12H11BrN2O3. The van der Waals surface area contributed by atoms with Gasteiger partial charge in [0, 0.05) is 18.0 Å². The van der Waals surface area contributed by atoms with Crippen molar-refractivity contribution >= 4 is 39.1 Å². The highest BCUT2D eigenvalue weighted by Gasteiger charge is 2.11. The van der Waals surface area contributed by atoms with Gasteiger partial charge in [0.15, 0.2) is 16.3 Å². The molecule has 1 aromatic carbocycles. The molecule has 0 aliphatic carbocycles. The Morgan fingerprint density at radius 2 is 2.17 bits per heavy atom. The highest BCUT2D eigenvalue weighted by molar-refractivity contribution is 9.06. The number of aromatic nitrogens is 1. The summed E-state index contributed by atoms with van der Waals surface area (Å²) in [5, 5.41) is 3.15. The monoisotopic (exact) mass is 310 g/mol. The van der Waals surface area contributed by atoms with Crippen LogP contribution in [0.25, 0.3) is 10.9 Å². The minimum Gasteiger partial charge on any atom is -0.418 e. The van der Waals surface area contributed by atoms with Crippen LogP contribution in [0.1, 0.15) is 13.3 Å². The highest BCUT2D eigenvalue weighted by atomic mass is 79.9. The minimum absolute atomic E-state index is 0.270. The van der Waals surface area contributed by atoms with Gasteiger partial charge in [0.2, 0.25) is 5.91 Å². The summed E-state index contributed by atoms with van der Waals surface area (Å²) in [6, 6.07) is 6.59. The zero-order valence-corrected chi connectivity index (χ0v) is 11.2. The Kier molecular flexibility index (Phi) is 3.66. The van der Waals surface area contributed by atoms with Gasteiger partial charge in [-0.2, -0.15) is 0 Å². The van der Waals surface area contributed by atoms with Gasteiger partial charge in [-0.05, 0) is 24.3 Å². The lowest BCUT2D eigenvalue weighted by Gasteiger charge is -2.05. The fourth-order valence-electron chi connectivity index (χ4n) is 1.61. The number of benzene rings is 1. The van der Waals surface area contributed by atoms with Crippen LogP contribution < -0.4 is 9.15 Å². The quantitative estimate of drug-likeness (QED) is 0.928. The lowest BCUT2D eigenvalue weighted by atomic mass is 10.2. The number of nitrogens with one attached hydrogen (secondary N) is 1. The molecule has 2 rings (SSSR count). The van der Waals surface area contributed by atoms with Crippen molar-refractivity contribution in [1.82, 2.24) is 9.88 Å². The lowest BCUT2D eigenvalue weighted by molar-refractivity contribution is -0.119. The van der Waals surface area contributed by atoms with Gasteiger partial charge in [-0.25, -0.2) is 4.79 Å². The van der Waals surface area contributed by atoms with Crippen LogP contribution in [0.3, 0.4) is 0 Å². The number of hydrogen-bond acceptors (Lipinski definition) is 3. The summed E-state index contributed by atoms with van der Waals surface area (Å²) in [5.41, 5.74) is 0.713. The van der Waals surface area contributed by atoms with E-state index in [0.29, 0.717) is 11.3 Å². The Labute approximate surface area is 112 Å². The maximum atomic E-state index is 11.8. The van der Waals surface area contributed by atoms with Crippen LogP contribution >= 0.6 is 16.3 Å². The van der Waals surface area contributed by atoms with Gasteiger partial charge >= 0.3 is 6.03 Å². The third kappa shape index (κ3) is 2.38. The van der Waals surface area contributed by atoms with Crippen molar-refractivity contribution in [2.45, 2.75) is 13.3 Å². The number of amides is 2. The van der Waals surface area contributed by atoms with E-state index in [0.717, 1.165) is 5.39 Å². The van der Waals surface area contributed by atoms with Gasteiger partial charge in [0.25, 0.3) is 0 Å². The first-order valence-corrected chi connectivity index (χ1v) is 6.04. The maximum absolute atomic E-state index is 11.8. The Balaban J connectivity index is 2.34. The fourth-order valence-corrected chi connectivity index (χ4v) is 1.81. The first kappa shape index (κ1) is 12.6. The number of carbonyl (C=O) groups is 2. The summed E-state index contributed by atoms with van der Waals surface area (Å²) < 4.78 is 6.31. The van der Waals surface area contributed by atoms with Gasteiger partial charge in [-0.15, -0.1) is 0 Å². The molecule has 0 fully saturated rings. The molecule has 2 amide bonds. The average Bonchev–Trinajstić information content (AvgIpc) is 2.81. The topological polar surface area (TPSA) is 60.3 Å². The number of rotatable bonds is 2. The van der Waals surface area contributed by atoms with Gasteiger partial charge < -0.3 is 3.83 Å². The highest BCUT2D eigenvalue weighted by Crippen LogP contribution is 2.22. The van der Waals surface area contributed by atoms with Crippen molar-refractivity contribution in [1.29, 1.82) is 0 Å². The van der Waals surface area contributed by atoms with Gasteiger partial charge in [0.05, 0.1) is 5.52 Å². The molecule has 1 aromatic heterocycles. The molecule has 2 aromatic rings. The van der Waals surface area contributed by atoms with E-state index in [4.69, 9.17) is 3.83 Å². The van der Waals surface area contributed by atoms with Gasteiger partial charge in [-0.1, -0.05) is 6.92 Å². The van der Waals surface area contributed by atoms with Crippen LogP contribution in [-0.4, -0.2) is 16.5 Å². The summed E-state index contributed by atoms with van der Waals surface area (Å²) in [6.07, 6.45) is 1.88. The van der Waals surface area contributed by atoms with E-state index in [-0.39, 0.29) is 12.3 Å². The fraction of sp³-hybridized carbons (Fsp3) is 0.167. The number of imide groups is 1. The molecule has 1 heterocycles. The SMILES string of the molecule is CCC(=O)NC(=O)n1ccc2cc(OBr)ccc21. The maximum Gasteiger partial charge on any atom is 0.332 e. The predicted octanol–water partition coefficient (Wildman–Crippen LogP) is 2.82. The molecule has 0 radical (unpaired) electrons. The number of halogens is 1. The molecule has 5 nitrogen and oxygen atoms in total. The van der Waals surface area contributed by atoms with E-state index < -0.39 is 6.03 Å². The van der Waals surface area contributed by atoms with E-state index in [1.165, 1.54) is 4.57 Å². The van der Waals surface area contributed by atoms with Crippen molar-refractivity contribution in [2.24, 2.45) is 0 Å². The first-order valence-electron chi connectivity index (χ1n) is 5.39. The van der Waals surface area contributed by atoms with E-state index in [1.807, 2.05) is 0 Å². The molecule has 94 valence electrons. The molecule has 6 heteroatoms. The molecule has 0 unspecified atom stereocenters. The van der Waals surface area contributed by atoms with Crippen molar-refractivity contribution < 1.29 is 13.4 Å². The van der Waals surface area contributed by atoms with Gasteiger partial charge in [-0.3, -0.25) is 14.7 Å². The molecule has 0 aliphatic rings. The summed E-state index contributed by atoms with van der Waals surface area (Å²) >= 11 is 2.89. The Hall–Kier alpha value is -1.82. The summed E-state index contributed by atoms with van der Waals surface area (Å²) in [4.78, 5) is 23.0. The smallest absolute Gasteiger partial charge is 0.332 e. The van der Waals surface area contributed by atoms with Crippen LogP contribution in [0.15, 0.2) is 30.5 Å². The number of hydrogen-bond donors (Lipinski definition) is 1. The van der Waals surface area contributed by atoms with Crippen LogP contribution in [0.4, 0.5) is 4.79 Å². The number of fused-ring (bicyclic) bond motifs is 1.